The smallest absolute Gasteiger partial charge is 0.338 e. The van der Waals surface area contributed by atoms with Crippen molar-refractivity contribution in [2.45, 2.75) is 25.0 Å². The molecule has 2 fully saturated rings. The van der Waals surface area contributed by atoms with E-state index in [9.17, 15) is 9.59 Å². The van der Waals surface area contributed by atoms with Crippen LogP contribution in [0.1, 0.15) is 28.8 Å². The number of rotatable bonds is 4. The number of likely N-dealkylation sites (N-methyl/N-ethyl adjacent to an activating group) is 1. The Labute approximate surface area is 177 Å². The molecule has 2 aliphatic heterocycles. The maximum Gasteiger partial charge on any atom is 0.338 e. The summed E-state index contributed by atoms with van der Waals surface area (Å²) in [5.41, 5.74) is 1.95. The van der Waals surface area contributed by atoms with Gasteiger partial charge in [-0.2, -0.15) is 0 Å². The van der Waals surface area contributed by atoms with Gasteiger partial charge >= 0.3 is 5.97 Å². The number of nitrogens with one attached hydrogen (secondary N) is 1. The summed E-state index contributed by atoms with van der Waals surface area (Å²) >= 11 is 0. The first-order valence-corrected chi connectivity index (χ1v) is 9.65. The molecule has 0 atom stereocenters. The molecule has 154 valence electrons. The van der Waals surface area contributed by atoms with Crippen molar-refractivity contribution in [1.29, 1.82) is 0 Å². The fourth-order valence-corrected chi connectivity index (χ4v) is 4.12. The highest BCUT2D eigenvalue weighted by Gasteiger charge is 2.51. The molecule has 6 nitrogen and oxygen atoms in total. The van der Waals surface area contributed by atoms with Gasteiger partial charge in [-0.1, -0.05) is 30.3 Å². The van der Waals surface area contributed by atoms with Gasteiger partial charge < -0.3 is 19.9 Å². The lowest BCUT2D eigenvalue weighted by Crippen LogP contribution is -2.55. The van der Waals surface area contributed by atoms with Crippen LogP contribution in [0.5, 0.6) is 0 Å². The largest absolute Gasteiger partial charge is 0.457 e. The molecule has 2 aromatic rings. The van der Waals surface area contributed by atoms with Gasteiger partial charge in [0.25, 0.3) is 0 Å². The van der Waals surface area contributed by atoms with Crippen LogP contribution in [0.4, 0.5) is 5.69 Å². The fourth-order valence-electron chi connectivity index (χ4n) is 4.12. The molecule has 2 aromatic carbocycles. The number of esters is 1. The zero-order valence-electron chi connectivity index (χ0n) is 16.5. The van der Waals surface area contributed by atoms with Gasteiger partial charge in [0.1, 0.15) is 12.1 Å². The average Bonchev–Trinajstić information content (AvgIpc) is 2.98. The summed E-state index contributed by atoms with van der Waals surface area (Å²) in [5.74, 6) is -0.165. The number of halogens is 1. The third-order valence-electron chi connectivity index (χ3n) is 5.67. The zero-order valence-corrected chi connectivity index (χ0v) is 17.3. The van der Waals surface area contributed by atoms with Gasteiger partial charge in [0.05, 0.1) is 12.2 Å². The number of ether oxygens (including phenoxy) is 1. The monoisotopic (exact) mass is 415 g/mol. The van der Waals surface area contributed by atoms with Crippen molar-refractivity contribution in [3.05, 3.63) is 65.7 Å². The molecule has 0 bridgehead atoms. The fraction of sp³-hybridized carbons (Fsp3) is 0.364. The van der Waals surface area contributed by atoms with E-state index in [1.165, 1.54) is 0 Å². The van der Waals surface area contributed by atoms with Gasteiger partial charge in [-0.15, -0.1) is 12.4 Å². The van der Waals surface area contributed by atoms with Crippen molar-refractivity contribution in [1.82, 2.24) is 10.2 Å². The molecule has 7 heteroatoms. The van der Waals surface area contributed by atoms with Gasteiger partial charge in [-0.3, -0.25) is 4.79 Å². The van der Waals surface area contributed by atoms with Crippen LogP contribution in [0.25, 0.3) is 0 Å². The van der Waals surface area contributed by atoms with E-state index in [4.69, 9.17) is 4.74 Å². The number of carbonyl (C=O) groups is 2. The Morgan fingerprint density at radius 1 is 1.07 bits per heavy atom. The SMILES string of the molecule is CN1CN(c2ccc(C(=O)OCc3ccccc3)cc2)C2(CCNCC2)C1=O.Cl. The van der Waals surface area contributed by atoms with Crippen molar-refractivity contribution >= 4 is 30.0 Å². The minimum absolute atomic E-state index is 0. The predicted molar refractivity (Wildman–Crippen MR) is 114 cm³/mol. The predicted octanol–water partition coefficient (Wildman–Crippen LogP) is 2.82. The molecule has 1 amide bonds. The van der Waals surface area contributed by atoms with Gasteiger partial charge in [-0.25, -0.2) is 4.79 Å². The number of anilines is 1. The third kappa shape index (κ3) is 4.09. The van der Waals surface area contributed by atoms with Crippen LogP contribution in [-0.2, 0) is 16.1 Å². The minimum Gasteiger partial charge on any atom is -0.457 e. The lowest BCUT2D eigenvalue weighted by atomic mass is 9.86. The summed E-state index contributed by atoms with van der Waals surface area (Å²) < 4.78 is 5.40. The van der Waals surface area contributed by atoms with E-state index >= 15 is 0 Å². The van der Waals surface area contributed by atoms with Gasteiger partial charge in [-0.05, 0) is 55.8 Å². The topological polar surface area (TPSA) is 61.9 Å². The molecule has 1 N–H and O–H groups in total. The molecular weight excluding hydrogens is 390 g/mol. The van der Waals surface area contributed by atoms with Crippen LogP contribution >= 0.6 is 12.4 Å². The number of benzene rings is 2. The second kappa shape index (κ2) is 8.84. The number of nitrogens with zero attached hydrogens (tertiary/aromatic N) is 2. The standard InChI is InChI=1S/C22H25N3O3.ClH/c1-24-16-25(22(21(24)27)11-13-23-14-12-22)19-9-7-18(8-10-19)20(26)28-15-17-5-3-2-4-6-17;/h2-10,23H,11-16H2,1H3;1H. The van der Waals surface area contributed by atoms with E-state index in [0.717, 1.165) is 37.2 Å². The normalized spacial score (nSPS) is 17.9. The van der Waals surface area contributed by atoms with Crippen LogP contribution < -0.4 is 10.2 Å². The number of hydrogen-bond donors (Lipinski definition) is 1. The Morgan fingerprint density at radius 2 is 1.72 bits per heavy atom. The van der Waals surface area contributed by atoms with Crippen LogP contribution in [0.15, 0.2) is 54.6 Å². The molecule has 2 aliphatic rings. The highest BCUT2D eigenvalue weighted by Crippen LogP contribution is 2.37. The maximum atomic E-state index is 12.8. The second-order valence-electron chi connectivity index (χ2n) is 7.46. The number of carbonyl (C=O) groups excluding carboxylic acids is 2. The Morgan fingerprint density at radius 3 is 2.38 bits per heavy atom. The molecule has 4 rings (SSSR count). The summed E-state index contributed by atoms with van der Waals surface area (Å²) in [7, 11) is 1.85. The lowest BCUT2D eigenvalue weighted by molar-refractivity contribution is -0.131. The van der Waals surface area contributed by atoms with Crippen LogP contribution in [0.2, 0.25) is 0 Å². The van der Waals surface area contributed by atoms with E-state index in [1.807, 2.05) is 49.5 Å². The molecule has 2 heterocycles. The quantitative estimate of drug-likeness (QED) is 0.778. The second-order valence-corrected chi connectivity index (χ2v) is 7.46. The summed E-state index contributed by atoms with van der Waals surface area (Å²) in [6.45, 7) is 2.49. The third-order valence-corrected chi connectivity index (χ3v) is 5.67. The zero-order chi connectivity index (χ0) is 19.6. The van der Waals surface area contributed by atoms with E-state index in [-0.39, 0.29) is 30.9 Å². The van der Waals surface area contributed by atoms with Crippen molar-refractivity contribution in [2.24, 2.45) is 0 Å². The Balaban J connectivity index is 0.00000240. The Bertz CT molecular complexity index is 851. The van der Waals surface area contributed by atoms with Crippen LogP contribution in [-0.4, -0.2) is 49.1 Å². The molecule has 0 aliphatic carbocycles. The van der Waals surface area contributed by atoms with Crippen molar-refractivity contribution in [3.63, 3.8) is 0 Å². The first kappa shape index (κ1) is 21.1. The molecular formula is C22H26ClN3O3. The molecule has 0 saturated carbocycles. The summed E-state index contributed by atoms with van der Waals surface area (Å²) in [6.07, 6.45) is 1.58. The van der Waals surface area contributed by atoms with Gasteiger partial charge in [0.2, 0.25) is 5.91 Å². The van der Waals surface area contributed by atoms with Crippen molar-refractivity contribution in [3.8, 4) is 0 Å². The number of hydrogen-bond acceptors (Lipinski definition) is 5. The van der Waals surface area contributed by atoms with E-state index in [1.54, 1.807) is 17.0 Å². The van der Waals surface area contributed by atoms with Gasteiger partial charge in [0, 0.05) is 12.7 Å². The molecule has 0 unspecified atom stereocenters. The minimum atomic E-state index is -0.477. The van der Waals surface area contributed by atoms with E-state index in [2.05, 4.69) is 10.2 Å². The van der Waals surface area contributed by atoms with E-state index in [0.29, 0.717) is 12.2 Å². The Kier molecular flexibility index (Phi) is 6.45. The van der Waals surface area contributed by atoms with Crippen molar-refractivity contribution < 1.29 is 14.3 Å². The number of amides is 1. The van der Waals surface area contributed by atoms with E-state index < -0.39 is 5.54 Å². The first-order chi connectivity index (χ1) is 13.6. The summed E-state index contributed by atoms with van der Waals surface area (Å²) in [4.78, 5) is 29.1. The molecule has 29 heavy (non-hydrogen) atoms. The average molecular weight is 416 g/mol. The van der Waals surface area contributed by atoms with Gasteiger partial charge in [0.15, 0.2) is 0 Å². The first-order valence-electron chi connectivity index (χ1n) is 9.65. The lowest BCUT2D eigenvalue weighted by Gasteiger charge is -2.40. The molecule has 0 radical (unpaired) electrons. The van der Waals surface area contributed by atoms with Crippen molar-refractivity contribution in [2.75, 3.05) is 31.7 Å². The molecule has 0 aromatic heterocycles. The molecule has 2 saturated heterocycles. The highest BCUT2D eigenvalue weighted by molar-refractivity contribution is 5.94. The maximum absolute atomic E-state index is 12.8. The van der Waals surface area contributed by atoms with Crippen LogP contribution in [0.3, 0.4) is 0 Å². The summed E-state index contributed by atoms with van der Waals surface area (Å²) in [6, 6.07) is 17.0. The van der Waals surface area contributed by atoms with Crippen LogP contribution in [0, 0.1) is 0 Å². The molecule has 1 spiro atoms. The Hall–Kier alpha value is -2.57. The number of piperidine rings is 1. The highest BCUT2D eigenvalue weighted by atomic mass is 35.5. The summed E-state index contributed by atoms with van der Waals surface area (Å²) in [5, 5.41) is 3.34.